The van der Waals surface area contributed by atoms with Crippen molar-refractivity contribution in [1.82, 2.24) is 9.96 Å². The second-order valence-corrected chi connectivity index (χ2v) is 7.99. The summed E-state index contributed by atoms with van der Waals surface area (Å²) >= 11 is 0. The van der Waals surface area contributed by atoms with Gasteiger partial charge in [0.15, 0.2) is 0 Å². The molecule has 160 valence electrons. The first-order valence-electron chi connectivity index (χ1n) is 10.4. The van der Waals surface area contributed by atoms with Crippen LogP contribution in [0.1, 0.15) is 55.1 Å². The molecule has 2 aromatic rings. The number of carbonyl (C=O) groups excluding carboxylic acids is 2. The number of unbranched alkanes of at least 4 members (excludes halogenated alkanes) is 1. The molecule has 0 spiro atoms. The van der Waals surface area contributed by atoms with Crippen LogP contribution in [-0.4, -0.2) is 40.6 Å². The molecule has 1 aliphatic rings. The topological polar surface area (TPSA) is 59.1 Å². The number of ether oxygens (including phenoxy) is 1. The van der Waals surface area contributed by atoms with Crippen LogP contribution in [0.25, 0.3) is 0 Å². The van der Waals surface area contributed by atoms with Crippen molar-refractivity contribution in [3.63, 3.8) is 0 Å². The molecule has 0 aliphatic carbocycles. The summed E-state index contributed by atoms with van der Waals surface area (Å²) in [4.78, 5) is 32.7. The molecule has 6 nitrogen and oxygen atoms in total. The van der Waals surface area contributed by atoms with Crippen LogP contribution in [0.4, 0.5) is 0 Å². The zero-order valence-corrected chi connectivity index (χ0v) is 18.0. The third-order valence-electron chi connectivity index (χ3n) is 5.37. The van der Waals surface area contributed by atoms with Gasteiger partial charge in [-0.2, -0.15) is 5.06 Å². The Kier molecular flexibility index (Phi) is 7.24. The van der Waals surface area contributed by atoms with E-state index < -0.39 is 5.66 Å². The van der Waals surface area contributed by atoms with Gasteiger partial charge >= 0.3 is 5.97 Å². The van der Waals surface area contributed by atoms with E-state index in [0.717, 1.165) is 30.5 Å². The van der Waals surface area contributed by atoms with E-state index in [4.69, 9.17) is 9.57 Å². The van der Waals surface area contributed by atoms with Crippen LogP contribution in [0, 0.1) is 0 Å². The molecule has 2 aromatic carbocycles. The minimum absolute atomic E-state index is 0.0304. The standard InChI is InChI=1S/C24H30N2O4/c1-4-5-15-25-16-22(27)26(24(25,2)3)30-18-20-11-13-21(14-12-20)23(28)29-17-19-9-7-6-8-10-19/h6-14H,4-5,15-18H2,1-3H3. The minimum atomic E-state index is -0.479. The number of rotatable bonds is 9. The molecule has 0 atom stereocenters. The summed E-state index contributed by atoms with van der Waals surface area (Å²) < 4.78 is 5.35. The van der Waals surface area contributed by atoms with Gasteiger partial charge in [-0.05, 0) is 43.5 Å². The molecule has 0 saturated carbocycles. The normalized spacial score (nSPS) is 16.1. The predicted molar refractivity (Wildman–Crippen MR) is 114 cm³/mol. The minimum Gasteiger partial charge on any atom is -0.457 e. The van der Waals surface area contributed by atoms with Crippen LogP contribution in [0.5, 0.6) is 0 Å². The van der Waals surface area contributed by atoms with Gasteiger partial charge in [-0.3, -0.25) is 14.5 Å². The molecule has 0 N–H and O–H groups in total. The molecule has 0 aromatic heterocycles. The number of benzene rings is 2. The molecule has 1 fully saturated rings. The van der Waals surface area contributed by atoms with Gasteiger partial charge in [-0.1, -0.05) is 55.8 Å². The number of hydrogen-bond donors (Lipinski definition) is 0. The zero-order chi connectivity index (χ0) is 21.6. The van der Waals surface area contributed by atoms with Crippen molar-refractivity contribution in [3.05, 3.63) is 71.3 Å². The van der Waals surface area contributed by atoms with E-state index in [1.807, 2.05) is 56.3 Å². The van der Waals surface area contributed by atoms with Gasteiger partial charge in [0, 0.05) is 6.54 Å². The van der Waals surface area contributed by atoms with Crippen molar-refractivity contribution < 1.29 is 19.2 Å². The lowest BCUT2D eigenvalue weighted by molar-refractivity contribution is -0.224. The van der Waals surface area contributed by atoms with Crippen molar-refractivity contribution in [2.24, 2.45) is 0 Å². The number of esters is 1. The van der Waals surface area contributed by atoms with E-state index >= 15 is 0 Å². The molecule has 0 radical (unpaired) electrons. The van der Waals surface area contributed by atoms with Crippen molar-refractivity contribution >= 4 is 11.9 Å². The van der Waals surface area contributed by atoms with Gasteiger partial charge in [-0.15, -0.1) is 0 Å². The average Bonchev–Trinajstić information content (AvgIpc) is 2.97. The molecule has 3 rings (SSSR count). The van der Waals surface area contributed by atoms with Gasteiger partial charge in [-0.25, -0.2) is 4.79 Å². The SMILES string of the molecule is CCCCN1CC(=O)N(OCc2ccc(C(=O)OCc3ccccc3)cc2)C1(C)C. The Morgan fingerprint density at radius 3 is 2.33 bits per heavy atom. The Hall–Kier alpha value is -2.70. The fourth-order valence-corrected chi connectivity index (χ4v) is 3.47. The third-order valence-corrected chi connectivity index (χ3v) is 5.37. The lowest BCUT2D eigenvalue weighted by Gasteiger charge is -2.36. The first-order valence-corrected chi connectivity index (χ1v) is 10.4. The predicted octanol–water partition coefficient (Wildman–Crippen LogP) is 4.16. The second kappa shape index (κ2) is 9.87. The number of amides is 1. The Morgan fingerprint density at radius 1 is 1.00 bits per heavy atom. The molecule has 1 saturated heterocycles. The maximum Gasteiger partial charge on any atom is 0.338 e. The highest BCUT2D eigenvalue weighted by molar-refractivity contribution is 5.89. The van der Waals surface area contributed by atoms with E-state index in [0.29, 0.717) is 12.1 Å². The van der Waals surface area contributed by atoms with Crippen LogP contribution < -0.4 is 0 Å². The highest BCUT2D eigenvalue weighted by atomic mass is 16.7. The van der Waals surface area contributed by atoms with E-state index in [2.05, 4.69) is 11.8 Å². The fourth-order valence-electron chi connectivity index (χ4n) is 3.47. The number of hydroxylamine groups is 2. The van der Waals surface area contributed by atoms with Gasteiger partial charge in [0.25, 0.3) is 5.91 Å². The van der Waals surface area contributed by atoms with Gasteiger partial charge < -0.3 is 4.74 Å². The molecule has 0 unspecified atom stereocenters. The molecular formula is C24H30N2O4. The molecular weight excluding hydrogens is 380 g/mol. The van der Waals surface area contributed by atoms with Crippen molar-refractivity contribution in [2.45, 2.75) is 52.5 Å². The summed E-state index contributed by atoms with van der Waals surface area (Å²) in [6.07, 6.45) is 2.13. The number of hydrogen-bond acceptors (Lipinski definition) is 5. The highest BCUT2D eigenvalue weighted by Gasteiger charge is 2.45. The molecule has 30 heavy (non-hydrogen) atoms. The van der Waals surface area contributed by atoms with E-state index in [9.17, 15) is 9.59 Å². The van der Waals surface area contributed by atoms with Crippen LogP contribution in [-0.2, 0) is 27.6 Å². The second-order valence-electron chi connectivity index (χ2n) is 7.99. The quantitative estimate of drug-likeness (QED) is 0.581. The van der Waals surface area contributed by atoms with Crippen LogP contribution in [0.2, 0.25) is 0 Å². The summed E-state index contributed by atoms with van der Waals surface area (Å²) in [6.45, 7) is 7.88. The maximum absolute atomic E-state index is 12.4. The Balaban J connectivity index is 1.53. The first kappa shape index (κ1) is 22.0. The van der Waals surface area contributed by atoms with Crippen LogP contribution in [0.3, 0.4) is 0 Å². The van der Waals surface area contributed by atoms with E-state index in [1.165, 1.54) is 5.06 Å². The van der Waals surface area contributed by atoms with Gasteiger partial charge in [0.05, 0.1) is 12.1 Å². The summed E-state index contributed by atoms with van der Waals surface area (Å²) in [5.74, 6) is -0.397. The third kappa shape index (κ3) is 5.26. The molecule has 0 bridgehead atoms. The lowest BCUT2D eigenvalue weighted by atomic mass is 10.1. The fraction of sp³-hybridized carbons (Fsp3) is 0.417. The zero-order valence-electron chi connectivity index (χ0n) is 18.0. The summed E-state index contributed by atoms with van der Waals surface area (Å²) in [7, 11) is 0. The monoisotopic (exact) mass is 410 g/mol. The molecule has 6 heteroatoms. The van der Waals surface area contributed by atoms with Gasteiger partial charge in [0.1, 0.15) is 18.9 Å². The Bertz CT molecular complexity index is 849. The Morgan fingerprint density at radius 2 is 1.67 bits per heavy atom. The average molecular weight is 411 g/mol. The van der Waals surface area contributed by atoms with Crippen LogP contribution in [0.15, 0.2) is 54.6 Å². The largest absolute Gasteiger partial charge is 0.457 e. The molecule has 1 heterocycles. The van der Waals surface area contributed by atoms with Crippen molar-refractivity contribution in [1.29, 1.82) is 0 Å². The van der Waals surface area contributed by atoms with Gasteiger partial charge in [0.2, 0.25) is 0 Å². The molecule has 1 aliphatic heterocycles. The number of carbonyl (C=O) groups is 2. The smallest absolute Gasteiger partial charge is 0.338 e. The van der Waals surface area contributed by atoms with Crippen LogP contribution >= 0.6 is 0 Å². The highest BCUT2D eigenvalue weighted by Crippen LogP contribution is 2.28. The lowest BCUT2D eigenvalue weighted by Crippen LogP contribution is -2.49. The molecule has 1 amide bonds. The Labute approximate surface area is 178 Å². The van der Waals surface area contributed by atoms with E-state index in [1.54, 1.807) is 12.1 Å². The number of nitrogens with zero attached hydrogens (tertiary/aromatic N) is 2. The summed E-state index contributed by atoms with van der Waals surface area (Å²) in [6, 6.07) is 16.7. The van der Waals surface area contributed by atoms with Crippen molar-refractivity contribution in [2.75, 3.05) is 13.1 Å². The summed E-state index contributed by atoms with van der Waals surface area (Å²) in [5.41, 5.74) is 1.83. The maximum atomic E-state index is 12.4. The van der Waals surface area contributed by atoms with E-state index in [-0.39, 0.29) is 25.1 Å². The summed E-state index contributed by atoms with van der Waals surface area (Å²) in [5, 5.41) is 1.48. The first-order chi connectivity index (χ1) is 14.4. The van der Waals surface area contributed by atoms with Crippen molar-refractivity contribution in [3.8, 4) is 0 Å².